The molecule has 96 valence electrons. The summed E-state index contributed by atoms with van der Waals surface area (Å²) in [6.45, 7) is 4.15. The lowest BCUT2D eigenvalue weighted by Gasteiger charge is -2.10. The van der Waals surface area contributed by atoms with E-state index in [1.54, 1.807) is 0 Å². The first-order chi connectivity index (χ1) is 8.83. The summed E-state index contributed by atoms with van der Waals surface area (Å²) >= 11 is 0. The second kappa shape index (κ2) is 6.26. The number of nitrogens with two attached hydrogens (primary N) is 1. The second-order valence-corrected chi connectivity index (χ2v) is 4.10. The van der Waals surface area contributed by atoms with Crippen LogP contribution in [0, 0.1) is 0 Å². The van der Waals surface area contributed by atoms with E-state index in [4.69, 9.17) is 15.2 Å². The van der Waals surface area contributed by atoms with Gasteiger partial charge in [0.15, 0.2) is 0 Å². The molecule has 0 saturated carbocycles. The van der Waals surface area contributed by atoms with Crippen LogP contribution in [0.15, 0.2) is 36.4 Å². The van der Waals surface area contributed by atoms with Crippen LogP contribution in [0.2, 0.25) is 0 Å². The number of nitrogen functional groups attached to an aromatic ring is 1. The Morgan fingerprint density at radius 2 is 1.78 bits per heavy atom. The third-order valence-electron chi connectivity index (χ3n) is 2.81. The van der Waals surface area contributed by atoms with Crippen molar-refractivity contribution in [1.82, 2.24) is 0 Å². The highest BCUT2D eigenvalue weighted by Gasteiger charge is 2.04. The molecule has 0 aliphatic carbocycles. The highest BCUT2D eigenvalue weighted by atomic mass is 16.5. The molecule has 0 heterocycles. The van der Waals surface area contributed by atoms with Crippen molar-refractivity contribution in [2.24, 2.45) is 0 Å². The van der Waals surface area contributed by atoms with E-state index in [-0.39, 0.29) is 0 Å². The number of benzene rings is 2. The second-order valence-electron chi connectivity index (χ2n) is 4.10. The molecule has 0 aromatic heterocycles. The molecule has 2 aromatic rings. The maximum absolute atomic E-state index is 5.94. The molecule has 0 saturated heterocycles. The predicted octanol–water partition coefficient (Wildman–Crippen LogP) is 3.23. The van der Waals surface area contributed by atoms with Gasteiger partial charge in [-0.1, -0.05) is 24.3 Å². The molecule has 0 bridgehead atoms. The molecule has 0 amide bonds. The van der Waals surface area contributed by atoms with Crippen LogP contribution in [0.3, 0.4) is 0 Å². The minimum Gasteiger partial charge on any atom is -0.493 e. The summed E-state index contributed by atoms with van der Waals surface area (Å²) in [4.78, 5) is 0. The first kappa shape index (κ1) is 12.7. The molecular formula is C15H19NO2. The summed E-state index contributed by atoms with van der Waals surface area (Å²) in [6.07, 6.45) is 0.895. The zero-order chi connectivity index (χ0) is 12.8. The molecule has 0 fully saturated rings. The predicted molar refractivity (Wildman–Crippen MR) is 75.0 cm³/mol. The van der Waals surface area contributed by atoms with Crippen LogP contribution in [0.4, 0.5) is 5.69 Å². The fourth-order valence-corrected chi connectivity index (χ4v) is 1.91. The lowest BCUT2D eigenvalue weighted by atomic mass is 10.1. The largest absolute Gasteiger partial charge is 0.493 e. The van der Waals surface area contributed by atoms with Gasteiger partial charge in [0.05, 0.1) is 6.61 Å². The van der Waals surface area contributed by atoms with Crippen LogP contribution in [0.25, 0.3) is 10.8 Å². The van der Waals surface area contributed by atoms with Crippen LogP contribution in [-0.2, 0) is 4.74 Å². The molecule has 2 rings (SSSR count). The minimum atomic E-state index is 0.661. The average Bonchev–Trinajstić information content (AvgIpc) is 2.41. The van der Waals surface area contributed by atoms with Gasteiger partial charge in [-0.15, -0.1) is 0 Å². The van der Waals surface area contributed by atoms with Gasteiger partial charge in [-0.3, -0.25) is 0 Å². The van der Waals surface area contributed by atoms with Crippen molar-refractivity contribution in [3.05, 3.63) is 36.4 Å². The maximum Gasteiger partial charge on any atom is 0.127 e. The van der Waals surface area contributed by atoms with Crippen LogP contribution in [-0.4, -0.2) is 19.8 Å². The lowest BCUT2D eigenvalue weighted by Crippen LogP contribution is -2.03. The van der Waals surface area contributed by atoms with Crippen molar-refractivity contribution in [1.29, 1.82) is 0 Å². The first-order valence-electron chi connectivity index (χ1n) is 6.30. The average molecular weight is 245 g/mol. The Labute approximate surface area is 108 Å². The molecule has 18 heavy (non-hydrogen) atoms. The van der Waals surface area contributed by atoms with Gasteiger partial charge in [-0.05, 0) is 19.1 Å². The third-order valence-corrected chi connectivity index (χ3v) is 2.81. The molecule has 3 heteroatoms. The number of rotatable bonds is 6. The Morgan fingerprint density at radius 1 is 1.00 bits per heavy atom. The van der Waals surface area contributed by atoms with E-state index in [9.17, 15) is 0 Å². The van der Waals surface area contributed by atoms with Gasteiger partial charge in [0.1, 0.15) is 5.75 Å². The summed E-state index contributed by atoms with van der Waals surface area (Å²) in [5.74, 6) is 0.885. The topological polar surface area (TPSA) is 44.5 Å². The summed E-state index contributed by atoms with van der Waals surface area (Å²) < 4.78 is 11.1. The van der Waals surface area contributed by atoms with Crippen molar-refractivity contribution < 1.29 is 9.47 Å². The van der Waals surface area contributed by atoms with E-state index in [0.29, 0.717) is 6.61 Å². The van der Waals surface area contributed by atoms with Gasteiger partial charge < -0.3 is 15.2 Å². The molecule has 0 aliphatic heterocycles. The molecule has 3 nitrogen and oxygen atoms in total. The molecule has 0 spiro atoms. The quantitative estimate of drug-likeness (QED) is 0.627. The highest BCUT2D eigenvalue weighted by molar-refractivity contribution is 5.96. The van der Waals surface area contributed by atoms with E-state index >= 15 is 0 Å². The lowest BCUT2D eigenvalue weighted by molar-refractivity contribution is 0.131. The SMILES string of the molecule is CCOCCCOc1ccc(N)c2ccccc12. The van der Waals surface area contributed by atoms with E-state index < -0.39 is 0 Å². The summed E-state index contributed by atoms with van der Waals surface area (Å²) in [7, 11) is 0. The van der Waals surface area contributed by atoms with Gasteiger partial charge in [0, 0.05) is 36.1 Å². The zero-order valence-corrected chi connectivity index (χ0v) is 10.7. The normalized spacial score (nSPS) is 10.7. The molecule has 0 atom stereocenters. The molecule has 2 N–H and O–H groups in total. The summed E-state index contributed by atoms with van der Waals surface area (Å²) in [6, 6.07) is 11.8. The summed E-state index contributed by atoms with van der Waals surface area (Å²) in [5, 5.41) is 2.11. The fourth-order valence-electron chi connectivity index (χ4n) is 1.91. The van der Waals surface area contributed by atoms with Crippen LogP contribution >= 0.6 is 0 Å². The Bertz CT molecular complexity index is 511. The van der Waals surface area contributed by atoms with Crippen LogP contribution in [0.1, 0.15) is 13.3 Å². The van der Waals surface area contributed by atoms with Crippen molar-refractivity contribution in [2.45, 2.75) is 13.3 Å². The van der Waals surface area contributed by atoms with E-state index in [0.717, 1.165) is 41.8 Å². The van der Waals surface area contributed by atoms with Gasteiger partial charge in [0.25, 0.3) is 0 Å². The molecular weight excluding hydrogens is 226 g/mol. The van der Waals surface area contributed by atoms with Gasteiger partial charge in [0.2, 0.25) is 0 Å². The van der Waals surface area contributed by atoms with Gasteiger partial charge in [-0.25, -0.2) is 0 Å². The smallest absolute Gasteiger partial charge is 0.127 e. The number of hydrogen-bond acceptors (Lipinski definition) is 3. The maximum atomic E-state index is 5.94. The molecule has 0 unspecified atom stereocenters. The number of anilines is 1. The van der Waals surface area contributed by atoms with Crippen molar-refractivity contribution >= 4 is 16.5 Å². The highest BCUT2D eigenvalue weighted by Crippen LogP contribution is 2.29. The van der Waals surface area contributed by atoms with Crippen LogP contribution in [0.5, 0.6) is 5.75 Å². The Kier molecular flexibility index (Phi) is 4.42. The number of fused-ring (bicyclic) bond motifs is 1. The zero-order valence-electron chi connectivity index (χ0n) is 10.7. The van der Waals surface area contributed by atoms with E-state index in [1.807, 2.05) is 43.3 Å². The molecule has 0 aliphatic rings. The fraction of sp³-hybridized carbons (Fsp3) is 0.333. The first-order valence-corrected chi connectivity index (χ1v) is 6.30. The van der Waals surface area contributed by atoms with Crippen molar-refractivity contribution in [2.75, 3.05) is 25.6 Å². The van der Waals surface area contributed by atoms with Crippen LogP contribution < -0.4 is 10.5 Å². The van der Waals surface area contributed by atoms with E-state index in [1.165, 1.54) is 0 Å². The molecule has 0 radical (unpaired) electrons. The van der Waals surface area contributed by atoms with E-state index in [2.05, 4.69) is 0 Å². The Hall–Kier alpha value is -1.74. The number of ether oxygens (including phenoxy) is 2. The monoisotopic (exact) mass is 245 g/mol. The minimum absolute atomic E-state index is 0.661. The summed E-state index contributed by atoms with van der Waals surface area (Å²) in [5.41, 5.74) is 6.73. The van der Waals surface area contributed by atoms with Gasteiger partial charge in [-0.2, -0.15) is 0 Å². The standard InChI is InChI=1S/C15H19NO2/c1-2-17-10-5-11-18-15-9-8-14(16)12-6-3-4-7-13(12)15/h3-4,6-9H,2,5,10-11,16H2,1H3. The molecule has 2 aromatic carbocycles. The van der Waals surface area contributed by atoms with Crippen molar-refractivity contribution in [3.63, 3.8) is 0 Å². The number of hydrogen-bond donors (Lipinski definition) is 1. The third kappa shape index (κ3) is 2.93. The Balaban J connectivity index is 2.07. The Morgan fingerprint density at radius 3 is 2.56 bits per heavy atom. The van der Waals surface area contributed by atoms with Crippen molar-refractivity contribution in [3.8, 4) is 5.75 Å². The van der Waals surface area contributed by atoms with Gasteiger partial charge >= 0.3 is 0 Å².